The number of rotatable bonds is 5. The fourth-order valence-electron chi connectivity index (χ4n) is 3.46. The van der Waals surface area contributed by atoms with Gasteiger partial charge in [0.1, 0.15) is 5.60 Å². The van der Waals surface area contributed by atoms with Crippen molar-refractivity contribution >= 4 is 5.97 Å². The van der Waals surface area contributed by atoms with Crippen LogP contribution in [-0.4, -0.2) is 23.8 Å². The van der Waals surface area contributed by atoms with Crippen LogP contribution in [0.2, 0.25) is 0 Å². The van der Waals surface area contributed by atoms with Gasteiger partial charge in [-0.15, -0.1) is 0 Å². The highest BCUT2D eigenvalue weighted by atomic mass is 16.6. The van der Waals surface area contributed by atoms with Crippen molar-refractivity contribution < 1.29 is 14.3 Å². The molecule has 0 spiro atoms. The molecule has 2 saturated heterocycles. The number of esters is 1. The number of carbonyl (C=O) groups excluding carboxylic acids is 1. The van der Waals surface area contributed by atoms with Crippen molar-refractivity contribution in [2.45, 2.75) is 70.7 Å². The minimum atomic E-state index is -0.365. The Hall–Kier alpha value is -0.830. The van der Waals surface area contributed by atoms with E-state index in [1.54, 1.807) is 6.92 Å². The van der Waals surface area contributed by atoms with Gasteiger partial charge in [-0.3, -0.25) is 0 Å². The average molecular weight is 252 g/mol. The summed E-state index contributed by atoms with van der Waals surface area (Å²) in [6, 6.07) is 0. The molecular formula is C15H24O3. The molecule has 2 aliphatic heterocycles. The summed E-state index contributed by atoms with van der Waals surface area (Å²) in [4.78, 5) is 11.9. The zero-order valence-corrected chi connectivity index (χ0v) is 11.7. The maximum atomic E-state index is 11.9. The van der Waals surface area contributed by atoms with Crippen molar-refractivity contribution in [1.29, 1.82) is 0 Å². The van der Waals surface area contributed by atoms with Gasteiger partial charge in [-0.1, -0.05) is 20.4 Å². The van der Waals surface area contributed by atoms with Gasteiger partial charge in [0.2, 0.25) is 0 Å². The van der Waals surface area contributed by atoms with Gasteiger partial charge >= 0.3 is 5.97 Å². The highest BCUT2D eigenvalue weighted by Gasteiger charge is 2.52. The van der Waals surface area contributed by atoms with Gasteiger partial charge < -0.3 is 9.47 Å². The Morgan fingerprint density at radius 1 is 1.39 bits per heavy atom. The zero-order valence-electron chi connectivity index (χ0n) is 11.7. The van der Waals surface area contributed by atoms with Crippen LogP contribution in [0.5, 0.6) is 0 Å². The lowest BCUT2D eigenvalue weighted by molar-refractivity contribution is -0.165. The van der Waals surface area contributed by atoms with E-state index in [0.29, 0.717) is 17.6 Å². The van der Waals surface area contributed by atoms with Crippen molar-refractivity contribution in [3.8, 4) is 0 Å². The standard InChI is InChI=1S/C15H24O3/c1-5-15(6-2,18-14(16)10(3)4)12-9-11-7-8-13(12)17-11/h11-13H,3,5-9H2,1-2,4H3. The molecule has 0 radical (unpaired) electrons. The fraction of sp³-hybridized carbons (Fsp3) is 0.800. The fourth-order valence-corrected chi connectivity index (χ4v) is 3.46. The molecule has 2 fully saturated rings. The summed E-state index contributed by atoms with van der Waals surface area (Å²) in [6.45, 7) is 9.58. The number of carbonyl (C=O) groups is 1. The first-order chi connectivity index (χ1) is 8.52. The molecule has 0 amide bonds. The van der Waals surface area contributed by atoms with E-state index in [2.05, 4.69) is 20.4 Å². The zero-order chi connectivity index (χ0) is 13.3. The van der Waals surface area contributed by atoms with Crippen LogP contribution in [0.15, 0.2) is 12.2 Å². The molecule has 0 aromatic heterocycles. The third-order valence-electron chi connectivity index (χ3n) is 4.62. The van der Waals surface area contributed by atoms with E-state index in [9.17, 15) is 4.79 Å². The van der Waals surface area contributed by atoms with Crippen molar-refractivity contribution in [3.05, 3.63) is 12.2 Å². The van der Waals surface area contributed by atoms with Gasteiger partial charge in [-0.05, 0) is 39.0 Å². The Bertz CT molecular complexity index is 344. The van der Waals surface area contributed by atoms with Crippen molar-refractivity contribution in [2.24, 2.45) is 5.92 Å². The van der Waals surface area contributed by atoms with Crippen LogP contribution in [0, 0.1) is 5.92 Å². The summed E-state index contributed by atoms with van der Waals surface area (Å²) in [7, 11) is 0. The normalized spacial score (nSPS) is 30.5. The Labute approximate surface area is 110 Å². The molecule has 2 heterocycles. The molecule has 102 valence electrons. The summed E-state index contributed by atoms with van der Waals surface area (Å²) >= 11 is 0. The van der Waals surface area contributed by atoms with Crippen LogP contribution in [0.25, 0.3) is 0 Å². The molecule has 0 aliphatic carbocycles. The van der Waals surface area contributed by atoms with Crippen LogP contribution in [0.1, 0.15) is 52.9 Å². The van der Waals surface area contributed by atoms with Gasteiger partial charge in [0, 0.05) is 11.5 Å². The monoisotopic (exact) mass is 252 g/mol. The van der Waals surface area contributed by atoms with Crippen molar-refractivity contribution in [2.75, 3.05) is 0 Å². The second-order valence-electron chi connectivity index (χ2n) is 5.66. The largest absolute Gasteiger partial charge is 0.455 e. The summed E-state index contributed by atoms with van der Waals surface area (Å²) in [6.07, 6.45) is 5.68. The minimum Gasteiger partial charge on any atom is -0.455 e. The van der Waals surface area contributed by atoms with Gasteiger partial charge in [-0.25, -0.2) is 4.79 Å². The molecule has 0 saturated carbocycles. The Kier molecular flexibility index (Phi) is 3.81. The number of fused-ring (bicyclic) bond motifs is 2. The summed E-state index contributed by atoms with van der Waals surface area (Å²) in [5.74, 6) is 0.0935. The van der Waals surface area contributed by atoms with Gasteiger partial charge in [0.15, 0.2) is 0 Å². The van der Waals surface area contributed by atoms with E-state index in [-0.39, 0.29) is 17.7 Å². The molecule has 3 unspecified atom stereocenters. The maximum Gasteiger partial charge on any atom is 0.333 e. The lowest BCUT2D eigenvalue weighted by Gasteiger charge is -2.40. The van der Waals surface area contributed by atoms with Crippen LogP contribution in [-0.2, 0) is 14.3 Å². The first-order valence-corrected chi connectivity index (χ1v) is 7.06. The Morgan fingerprint density at radius 3 is 2.44 bits per heavy atom. The second kappa shape index (κ2) is 5.04. The third-order valence-corrected chi connectivity index (χ3v) is 4.62. The highest BCUT2D eigenvalue weighted by molar-refractivity contribution is 5.87. The molecule has 2 rings (SSSR count). The van der Waals surface area contributed by atoms with Crippen LogP contribution >= 0.6 is 0 Å². The van der Waals surface area contributed by atoms with E-state index in [1.807, 2.05) is 0 Å². The summed E-state index contributed by atoms with van der Waals surface area (Å²) in [5.41, 5.74) is 0.112. The molecule has 3 heteroatoms. The quantitative estimate of drug-likeness (QED) is 0.556. The Balaban J connectivity index is 2.16. The first kappa shape index (κ1) is 13.6. The minimum absolute atomic E-state index is 0.263. The topological polar surface area (TPSA) is 35.5 Å². The molecule has 0 N–H and O–H groups in total. The molecule has 18 heavy (non-hydrogen) atoms. The maximum absolute atomic E-state index is 11.9. The SMILES string of the molecule is C=C(C)C(=O)OC(CC)(CC)C1CC2CCC1O2. The number of ether oxygens (including phenoxy) is 2. The van der Waals surface area contributed by atoms with Gasteiger partial charge in [0.25, 0.3) is 0 Å². The van der Waals surface area contributed by atoms with E-state index < -0.39 is 0 Å². The van der Waals surface area contributed by atoms with Crippen LogP contribution < -0.4 is 0 Å². The molecule has 3 nitrogen and oxygen atoms in total. The van der Waals surface area contributed by atoms with Crippen LogP contribution in [0.3, 0.4) is 0 Å². The average Bonchev–Trinajstić information content (AvgIpc) is 2.98. The smallest absolute Gasteiger partial charge is 0.333 e. The van der Waals surface area contributed by atoms with Crippen molar-refractivity contribution in [3.63, 3.8) is 0 Å². The van der Waals surface area contributed by atoms with E-state index in [4.69, 9.17) is 9.47 Å². The molecular weight excluding hydrogens is 228 g/mol. The van der Waals surface area contributed by atoms with Crippen molar-refractivity contribution in [1.82, 2.24) is 0 Å². The second-order valence-corrected chi connectivity index (χ2v) is 5.66. The molecule has 2 aliphatic rings. The summed E-state index contributed by atoms with van der Waals surface area (Å²) in [5, 5.41) is 0. The lowest BCUT2D eigenvalue weighted by Crippen LogP contribution is -2.46. The van der Waals surface area contributed by atoms with Crippen LogP contribution in [0.4, 0.5) is 0 Å². The van der Waals surface area contributed by atoms with E-state index in [1.165, 1.54) is 6.42 Å². The molecule has 0 aromatic rings. The molecule has 2 bridgehead atoms. The number of hydrogen-bond donors (Lipinski definition) is 0. The molecule has 0 aromatic carbocycles. The summed E-state index contributed by atoms with van der Waals surface area (Å²) < 4.78 is 11.7. The number of hydrogen-bond acceptors (Lipinski definition) is 3. The van der Waals surface area contributed by atoms with Gasteiger partial charge in [-0.2, -0.15) is 0 Å². The lowest BCUT2D eigenvalue weighted by atomic mass is 9.74. The van der Waals surface area contributed by atoms with E-state index >= 15 is 0 Å². The predicted molar refractivity (Wildman–Crippen MR) is 70.2 cm³/mol. The highest BCUT2D eigenvalue weighted by Crippen LogP contribution is 2.47. The Morgan fingerprint density at radius 2 is 2.06 bits per heavy atom. The third kappa shape index (κ3) is 2.20. The first-order valence-electron chi connectivity index (χ1n) is 7.06. The van der Waals surface area contributed by atoms with E-state index in [0.717, 1.165) is 25.7 Å². The predicted octanol–water partition coefficient (Wildman–Crippen LogP) is 3.23. The van der Waals surface area contributed by atoms with Gasteiger partial charge in [0.05, 0.1) is 12.2 Å². The molecule has 3 atom stereocenters.